The first-order valence-corrected chi connectivity index (χ1v) is 8.89. The summed E-state index contributed by atoms with van der Waals surface area (Å²) in [5.74, 6) is 0.222. The zero-order valence-electron chi connectivity index (χ0n) is 12.5. The molecule has 0 aliphatic heterocycles. The summed E-state index contributed by atoms with van der Waals surface area (Å²) in [5, 5.41) is 13.3. The quantitative estimate of drug-likeness (QED) is 0.769. The maximum absolute atomic E-state index is 12.2. The first-order chi connectivity index (χ1) is 11.0. The minimum absolute atomic E-state index is 0.203. The summed E-state index contributed by atoms with van der Waals surface area (Å²) in [4.78, 5) is 12.2. The van der Waals surface area contributed by atoms with E-state index in [2.05, 4.69) is 5.32 Å². The summed E-state index contributed by atoms with van der Waals surface area (Å²) in [6, 6.07) is 14.4. The zero-order chi connectivity index (χ0) is 16.8. The van der Waals surface area contributed by atoms with Gasteiger partial charge in [0.15, 0.2) is 0 Å². The molecule has 2 aromatic carbocycles. The van der Waals surface area contributed by atoms with E-state index in [0.717, 1.165) is 5.56 Å². The number of thioether (sulfide) groups is 1. The molecular formula is C17H17Cl2NO2S. The molecule has 0 aliphatic rings. The summed E-state index contributed by atoms with van der Waals surface area (Å²) in [5.41, 5.74) is 1.25. The highest BCUT2D eigenvalue weighted by Gasteiger charge is 2.18. The second kappa shape index (κ2) is 8.60. The second-order valence-electron chi connectivity index (χ2n) is 4.99. The number of halogens is 2. The fraction of sp³-hybridized carbons (Fsp3) is 0.235. The molecule has 0 spiro atoms. The lowest BCUT2D eigenvalue weighted by atomic mass is 10.1. The zero-order valence-corrected chi connectivity index (χ0v) is 14.8. The van der Waals surface area contributed by atoms with Gasteiger partial charge in [-0.3, -0.25) is 4.79 Å². The van der Waals surface area contributed by atoms with Gasteiger partial charge in [0.2, 0.25) is 5.91 Å². The van der Waals surface area contributed by atoms with Gasteiger partial charge in [-0.15, -0.1) is 11.8 Å². The Bertz CT molecular complexity index is 647. The normalized spacial score (nSPS) is 13.4. The number of carbonyl (C=O) groups is 1. The van der Waals surface area contributed by atoms with Gasteiger partial charge >= 0.3 is 0 Å². The van der Waals surface area contributed by atoms with Gasteiger partial charge in [0, 0.05) is 5.75 Å². The molecular weight excluding hydrogens is 353 g/mol. The van der Waals surface area contributed by atoms with Crippen molar-refractivity contribution in [2.45, 2.75) is 18.3 Å². The van der Waals surface area contributed by atoms with Crippen LogP contribution in [0.5, 0.6) is 0 Å². The van der Waals surface area contributed by atoms with Crippen molar-refractivity contribution in [1.29, 1.82) is 0 Å². The molecule has 1 amide bonds. The monoisotopic (exact) mass is 369 g/mol. The molecule has 2 unspecified atom stereocenters. The van der Waals surface area contributed by atoms with Gasteiger partial charge in [-0.1, -0.05) is 59.6 Å². The number of carbonyl (C=O) groups excluding carboxylic acids is 1. The minimum Gasteiger partial charge on any atom is -0.388 e. The SMILES string of the molecule is CC(SCC(O)c1ccccc1)C(=O)Nc1c(Cl)cccc1Cl. The van der Waals surface area contributed by atoms with Crippen molar-refractivity contribution in [2.75, 3.05) is 11.1 Å². The van der Waals surface area contributed by atoms with Crippen LogP contribution in [0.1, 0.15) is 18.6 Å². The highest BCUT2D eigenvalue weighted by atomic mass is 35.5. The van der Waals surface area contributed by atoms with Gasteiger partial charge in [-0.2, -0.15) is 0 Å². The van der Waals surface area contributed by atoms with E-state index in [0.29, 0.717) is 21.5 Å². The number of para-hydroxylation sites is 1. The van der Waals surface area contributed by atoms with Gasteiger partial charge in [-0.25, -0.2) is 0 Å². The largest absolute Gasteiger partial charge is 0.388 e. The number of aliphatic hydroxyl groups is 1. The molecule has 0 radical (unpaired) electrons. The van der Waals surface area contributed by atoms with Crippen LogP contribution in [-0.2, 0) is 4.79 Å². The summed E-state index contributed by atoms with van der Waals surface area (Å²) < 4.78 is 0. The first kappa shape index (κ1) is 18.1. The maximum Gasteiger partial charge on any atom is 0.237 e. The number of anilines is 1. The molecule has 122 valence electrons. The first-order valence-electron chi connectivity index (χ1n) is 7.08. The Morgan fingerprint density at radius 3 is 2.35 bits per heavy atom. The molecule has 0 saturated heterocycles. The number of aliphatic hydroxyl groups excluding tert-OH is 1. The number of amides is 1. The Hall–Kier alpha value is -1.20. The molecule has 6 heteroatoms. The van der Waals surface area contributed by atoms with Gasteiger partial charge in [-0.05, 0) is 24.6 Å². The third-order valence-corrected chi connectivity index (χ3v) is 5.12. The third-order valence-electron chi connectivity index (χ3n) is 3.27. The van der Waals surface area contributed by atoms with Crippen LogP contribution >= 0.6 is 35.0 Å². The number of benzene rings is 2. The van der Waals surface area contributed by atoms with Crippen LogP contribution < -0.4 is 5.32 Å². The predicted octanol–water partition coefficient (Wildman–Crippen LogP) is 4.79. The smallest absolute Gasteiger partial charge is 0.237 e. The third kappa shape index (κ3) is 5.15. The van der Waals surface area contributed by atoms with Crippen LogP contribution in [0.3, 0.4) is 0 Å². The van der Waals surface area contributed by atoms with Crippen LogP contribution in [0.25, 0.3) is 0 Å². The summed E-state index contributed by atoms with van der Waals surface area (Å²) >= 11 is 13.4. The molecule has 0 saturated carbocycles. The molecule has 2 aromatic rings. The average molecular weight is 370 g/mol. The Labute approximate surface area is 150 Å². The lowest BCUT2D eigenvalue weighted by Gasteiger charge is -2.16. The van der Waals surface area contributed by atoms with E-state index in [1.54, 1.807) is 25.1 Å². The molecule has 0 bridgehead atoms. The fourth-order valence-corrected chi connectivity index (χ4v) is 3.29. The van der Waals surface area contributed by atoms with E-state index in [4.69, 9.17) is 23.2 Å². The van der Waals surface area contributed by atoms with Crippen molar-refractivity contribution in [3.05, 3.63) is 64.1 Å². The van der Waals surface area contributed by atoms with Crippen molar-refractivity contribution >= 4 is 46.6 Å². The van der Waals surface area contributed by atoms with Gasteiger partial charge in [0.25, 0.3) is 0 Å². The van der Waals surface area contributed by atoms with Crippen molar-refractivity contribution in [1.82, 2.24) is 0 Å². The van der Waals surface area contributed by atoms with Crippen LogP contribution in [-0.4, -0.2) is 22.0 Å². The average Bonchev–Trinajstić information content (AvgIpc) is 2.56. The molecule has 2 atom stereocenters. The molecule has 23 heavy (non-hydrogen) atoms. The fourth-order valence-electron chi connectivity index (χ4n) is 1.92. The van der Waals surface area contributed by atoms with Gasteiger partial charge in [0.05, 0.1) is 27.1 Å². The van der Waals surface area contributed by atoms with E-state index in [9.17, 15) is 9.90 Å². The highest BCUT2D eigenvalue weighted by molar-refractivity contribution is 8.00. The summed E-state index contributed by atoms with van der Waals surface area (Å²) in [6.07, 6.45) is -0.611. The summed E-state index contributed by atoms with van der Waals surface area (Å²) in [7, 11) is 0. The van der Waals surface area contributed by atoms with E-state index in [-0.39, 0.29) is 11.2 Å². The van der Waals surface area contributed by atoms with Crippen molar-refractivity contribution in [2.24, 2.45) is 0 Å². The Morgan fingerprint density at radius 1 is 1.13 bits per heavy atom. The molecule has 3 nitrogen and oxygen atoms in total. The van der Waals surface area contributed by atoms with E-state index in [1.807, 2.05) is 30.3 Å². The predicted molar refractivity (Wildman–Crippen MR) is 98.4 cm³/mol. The lowest BCUT2D eigenvalue weighted by molar-refractivity contribution is -0.115. The van der Waals surface area contributed by atoms with Gasteiger partial charge < -0.3 is 10.4 Å². The number of hydrogen-bond acceptors (Lipinski definition) is 3. The number of rotatable bonds is 6. The van der Waals surface area contributed by atoms with Crippen LogP contribution in [0.2, 0.25) is 10.0 Å². The molecule has 2 rings (SSSR count). The molecule has 0 aromatic heterocycles. The second-order valence-corrected chi connectivity index (χ2v) is 7.18. The van der Waals surface area contributed by atoms with Crippen LogP contribution in [0, 0.1) is 0 Å². The van der Waals surface area contributed by atoms with E-state index < -0.39 is 6.10 Å². The Kier molecular flexibility index (Phi) is 6.78. The number of hydrogen-bond donors (Lipinski definition) is 2. The Balaban J connectivity index is 1.90. The van der Waals surface area contributed by atoms with Crippen molar-refractivity contribution in [3.63, 3.8) is 0 Å². The van der Waals surface area contributed by atoms with Gasteiger partial charge in [0.1, 0.15) is 0 Å². The standard InChI is InChI=1S/C17H17Cl2NO2S/c1-11(23-10-15(21)12-6-3-2-4-7-12)17(22)20-16-13(18)8-5-9-14(16)19/h2-9,11,15,21H,10H2,1H3,(H,20,22). The highest BCUT2D eigenvalue weighted by Crippen LogP contribution is 2.30. The number of nitrogens with one attached hydrogen (secondary N) is 1. The van der Waals surface area contributed by atoms with Crippen molar-refractivity contribution < 1.29 is 9.90 Å². The molecule has 2 N–H and O–H groups in total. The maximum atomic E-state index is 12.2. The van der Waals surface area contributed by atoms with Crippen molar-refractivity contribution in [3.8, 4) is 0 Å². The van der Waals surface area contributed by atoms with Crippen LogP contribution in [0.15, 0.2) is 48.5 Å². The minimum atomic E-state index is -0.611. The Morgan fingerprint density at radius 2 is 1.74 bits per heavy atom. The van der Waals surface area contributed by atoms with E-state index in [1.165, 1.54) is 11.8 Å². The lowest BCUT2D eigenvalue weighted by Crippen LogP contribution is -2.23. The van der Waals surface area contributed by atoms with Crippen LogP contribution in [0.4, 0.5) is 5.69 Å². The molecule has 0 aliphatic carbocycles. The molecule has 0 heterocycles. The van der Waals surface area contributed by atoms with E-state index >= 15 is 0 Å². The molecule has 0 fully saturated rings. The topological polar surface area (TPSA) is 49.3 Å². The summed E-state index contributed by atoms with van der Waals surface area (Å²) in [6.45, 7) is 1.78.